The third kappa shape index (κ3) is 7.78. The van der Waals surface area contributed by atoms with E-state index in [2.05, 4.69) is 26.1 Å². The Balaban J connectivity index is 2.30. The van der Waals surface area contributed by atoms with Crippen molar-refractivity contribution in [2.45, 2.75) is 72.4 Å². The summed E-state index contributed by atoms with van der Waals surface area (Å²) in [6.45, 7) is 13.6. The fourth-order valence-corrected chi connectivity index (χ4v) is 2.39. The van der Waals surface area contributed by atoms with Gasteiger partial charge in [0.1, 0.15) is 6.61 Å². The smallest absolute Gasteiger partial charge is 0.246 e. The van der Waals surface area contributed by atoms with Gasteiger partial charge in [0.25, 0.3) is 0 Å². The molecule has 0 aromatic carbocycles. The lowest BCUT2D eigenvalue weighted by Gasteiger charge is -2.34. The predicted octanol–water partition coefficient (Wildman–Crippen LogP) is 2.34. The van der Waals surface area contributed by atoms with Crippen molar-refractivity contribution in [3.05, 3.63) is 0 Å². The van der Waals surface area contributed by atoms with Crippen LogP contribution in [0.3, 0.4) is 0 Å². The maximum Gasteiger partial charge on any atom is 0.246 e. The van der Waals surface area contributed by atoms with Crippen molar-refractivity contribution < 1.29 is 14.3 Å². The average Bonchev–Trinajstić information content (AvgIpc) is 2.34. The molecular formula is C17H32N2O3. The van der Waals surface area contributed by atoms with E-state index in [-0.39, 0.29) is 35.5 Å². The Labute approximate surface area is 134 Å². The molecular weight excluding hydrogens is 280 g/mol. The number of nitrogens with zero attached hydrogens (tertiary/aromatic N) is 1. The van der Waals surface area contributed by atoms with Gasteiger partial charge < -0.3 is 15.0 Å². The fraction of sp³-hybridized carbons (Fsp3) is 0.882. The summed E-state index contributed by atoms with van der Waals surface area (Å²) >= 11 is 0. The summed E-state index contributed by atoms with van der Waals surface area (Å²) in [6, 6.07) is 0.148. The highest BCUT2D eigenvalue weighted by Crippen LogP contribution is 2.21. The highest BCUT2D eigenvalue weighted by atomic mass is 16.5. The van der Waals surface area contributed by atoms with Crippen LogP contribution in [-0.4, -0.2) is 48.1 Å². The molecule has 128 valence electrons. The van der Waals surface area contributed by atoms with Crippen LogP contribution < -0.4 is 5.32 Å². The van der Waals surface area contributed by atoms with Crippen LogP contribution in [-0.2, 0) is 14.3 Å². The summed E-state index contributed by atoms with van der Waals surface area (Å²) in [5.41, 5.74) is -0.285. The normalized spacial score (nSPS) is 17.5. The summed E-state index contributed by atoms with van der Waals surface area (Å²) < 4.78 is 5.47. The molecule has 22 heavy (non-hydrogen) atoms. The van der Waals surface area contributed by atoms with E-state index in [1.165, 1.54) is 0 Å². The largest absolute Gasteiger partial charge is 0.366 e. The van der Waals surface area contributed by atoms with Crippen molar-refractivity contribution in [3.63, 3.8) is 0 Å². The van der Waals surface area contributed by atoms with Gasteiger partial charge in [-0.15, -0.1) is 0 Å². The van der Waals surface area contributed by atoms with Gasteiger partial charge in [-0.1, -0.05) is 20.8 Å². The van der Waals surface area contributed by atoms with Gasteiger partial charge >= 0.3 is 0 Å². The first-order valence-corrected chi connectivity index (χ1v) is 8.17. The van der Waals surface area contributed by atoms with Crippen LogP contribution in [0.5, 0.6) is 0 Å². The van der Waals surface area contributed by atoms with Crippen molar-refractivity contribution in [1.82, 2.24) is 10.2 Å². The number of rotatable bonds is 4. The topological polar surface area (TPSA) is 58.6 Å². The number of piperidine rings is 1. The molecule has 0 spiro atoms. The van der Waals surface area contributed by atoms with Gasteiger partial charge in [0, 0.05) is 25.6 Å². The summed E-state index contributed by atoms with van der Waals surface area (Å²) in [5, 5.41) is 3.00. The molecule has 1 saturated heterocycles. The van der Waals surface area contributed by atoms with Crippen LogP contribution in [0.25, 0.3) is 0 Å². The predicted molar refractivity (Wildman–Crippen MR) is 87.5 cm³/mol. The SMILES string of the molecule is CC(C)(C)CC(=O)N1CCC(NC(=O)COC(C)(C)C)CC1. The molecule has 0 aliphatic carbocycles. The molecule has 0 atom stereocenters. The number of hydrogen-bond acceptors (Lipinski definition) is 3. The highest BCUT2D eigenvalue weighted by Gasteiger charge is 2.26. The Morgan fingerprint density at radius 3 is 2.09 bits per heavy atom. The Bertz CT molecular complexity index is 386. The Morgan fingerprint density at radius 1 is 1.09 bits per heavy atom. The van der Waals surface area contributed by atoms with Crippen molar-refractivity contribution in [2.24, 2.45) is 5.41 Å². The zero-order chi connectivity index (χ0) is 17.0. The first kappa shape index (κ1) is 18.9. The summed E-state index contributed by atoms with van der Waals surface area (Å²) in [5.74, 6) is 0.141. The van der Waals surface area contributed by atoms with Crippen LogP contribution in [0.2, 0.25) is 0 Å². The molecule has 1 heterocycles. The van der Waals surface area contributed by atoms with Gasteiger partial charge in [0.05, 0.1) is 5.60 Å². The van der Waals surface area contributed by atoms with E-state index in [4.69, 9.17) is 4.74 Å². The van der Waals surface area contributed by atoms with Gasteiger partial charge in [-0.25, -0.2) is 0 Å². The molecule has 0 aromatic rings. The lowest BCUT2D eigenvalue weighted by molar-refractivity contribution is -0.134. The first-order chi connectivity index (χ1) is 9.96. The van der Waals surface area contributed by atoms with Gasteiger partial charge in [0.15, 0.2) is 0 Å². The molecule has 0 aromatic heterocycles. The highest BCUT2D eigenvalue weighted by molar-refractivity contribution is 5.78. The van der Waals surface area contributed by atoms with Crippen LogP contribution in [0.4, 0.5) is 0 Å². The minimum Gasteiger partial charge on any atom is -0.366 e. The summed E-state index contributed by atoms with van der Waals surface area (Å²) in [4.78, 5) is 25.9. The quantitative estimate of drug-likeness (QED) is 0.867. The van der Waals surface area contributed by atoms with E-state index >= 15 is 0 Å². The average molecular weight is 312 g/mol. The third-order valence-electron chi connectivity index (χ3n) is 3.53. The third-order valence-corrected chi connectivity index (χ3v) is 3.53. The molecule has 1 aliphatic rings. The monoisotopic (exact) mass is 312 g/mol. The molecule has 2 amide bonds. The number of likely N-dealkylation sites (tertiary alicyclic amines) is 1. The van der Waals surface area contributed by atoms with Crippen LogP contribution in [0, 0.1) is 5.41 Å². The van der Waals surface area contributed by atoms with Crippen molar-refractivity contribution >= 4 is 11.8 Å². The van der Waals surface area contributed by atoms with Gasteiger partial charge in [-0.05, 0) is 39.0 Å². The minimum absolute atomic E-state index is 0.0203. The van der Waals surface area contributed by atoms with Crippen LogP contribution >= 0.6 is 0 Å². The first-order valence-electron chi connectivity index (χ1n) is 8.17. The van der Waals surface area contributed by atoms with E-state index in [0.717, 1.165) is 25.9 Å². The minimum atomic E-state index is -0.305. The van der Waals surface area contributed by atoms with Crippen molar-refractivity contribution in [2.75, 3.05) is 19.7 Å². The van der Waals surface area contributed by atoms with Gasteiger partial charge in [0.2, 0.25) is 11.8 Å². The van der Waals surface area contributed by atoms with Crippen LogP contribution in [0.15, 0.2) is 0 Å². The molecule has 0 bridgehead atoms. The lowest BCUT2D eigenvalue weighted by atomic mass is 9.91. The Hall–Kier alpha value is -1.10. The van der Waals surface area contributed by atoms with E-state index in [1.54, 1.807) is 0 Å². The molecule has 1 aliphatic heterocycles. The molecule has 1 N–H and O–H groups in total. The van der Waals surface area contributed by atoms with Crippen molar-refractivity contribution in [3.8, 4) is 0 Å². The summed E-state index contributed by atoms with van der Waals surface area (Å²) in [6.07, 6.45) is 2.21. The number of amides is 2. The Morgan fingerprint density at radius 2 is 1.64 bits per heavy atom. The Kier molecular flexibility index (Phi) is 6.41. The van der Waals surface area contributed by atoms with Gasteiger partial charge in [-0.3, -0.25) is 9.59 Å². The number of carbonyl (C=O) groups is 2. The zero-order valence-corrected chi connectivity index (χ0v) is 15.0. The molecule has 0 radical (unpaired) electrons. The second-order valence-corrected chi connectivity index (χ2v) is 8.36. The number of ether oxygens (including phenoxy) is 1. The van der Waals surface area contributed by atoms with E-state index in [1.807, 2.05) is 25.7 Å². The van der Waals surface area contributed by atoms with E-state index < -0.39 is 0 Å². The maximum absolute atomic E-state index is 12.2. The van der Waals surface area contributed by atoms with E-state index in [9.17, 15) is 9.59 Å². The second kappa shape index (κ2) is 7.44. The van der Waals surface area contributed by atoms with Gasteiger partial charge in [-0.2, -0.15) is 0 Å². The molecule has 1 fully saturated rings. The molecule has 5 heteroatoms. The van der Waals surface area contributed by atoms with E-state index in [0.29, 0.717) is 6.42 Å². The van der Waals surface area contributed by atoms with Crippen LogP contribution in [0.1, 0.15) is 60.8 Å². The lowest BCUT2D eigenvalue weighted by Crippen LogP contribution is -2.48. The number of carbonyl (C=O) groups excluding carboxylic acids is 2. The fourth-order valence-electron chi connectivity index (χ4n) is 2.39. The molecule has 0 unspecified atom stereocenters. The second-order valence-electron chi connectivity index (χ2n) is 8.36. The van der Waals surface area contributed by atoms with Crippen molar-refractivity contribution in [1.29, 1.82) is 0 Å². The zero-order valence-electron chi connectivity index (χ0n) is 15.0. The number of hydrogen-bond donors (Lipinski definition) is 1. The standard InChI is InChI=1S/C17H32N2O3/c1-16(2,3)11-15(21)19-9-7-13(8-10-19)18-14(20)12-22-17(4,5)6/h13H,7-12H2,1-6H3,(H,18,20). The molecule has 1 rings (SSSR count). The molecule has 5 nitrogen and oxygen atoms in total. The maximum atomic E-state index is 12.2. The summed E-state index contributed by atoms with van der Waals surface area (Å²) in [7, 11) is 0. The number of nitrogens with one attached hydrogen (secondary N) is 1. The molecule has 0 saturated carbocycles.